The van der Waals surface area contributed by atoms with E-state index in [1.54, 1.807) is 12.4 Å². The lowest BCUT2D eigenvalue weighted by Crippen LogP contribution is -2.53. The average molecular weight is 678 g/mol. The second-order valence-corrected chi connectivity index (χ2v) is 17.2. The van der Waals surface area contributed by atoms with Crippen molar-refractivity contribution in [1.82, 2.24) is 29.6 Å². The van der Waals surface area contributed by atoms with Crippen LogP contribution in [-0.4, -0.2) is 119 Å². The average Bonchev–Trinajstić information content (AvgIpc) is 3.67. The maximum atomic E-state index is 14.5. The SMILES string of the molecule is CN1CCN(C(=O)[C@@H]2C[C@H](N(C(=O)C(C)(C)C)C3CCC(C)(C)CC3)CN2C[C@H]2CN(c3ncccn3)C[C@H]2c2ccc(Cl)cc2)CC1. The number of hydrogen-bond acceptors (Lipinski definition) is 7. The van der Waals surface area contributed by atoms with E-state index in [0.29, 0.717) is 11.8 Å². The molecule has 48 heavy (non-hydrogen) atoms. The number of carbonyl (C=O) groups excluding carboxylic acids is 2. The molecular formula is C38H56ClN7O2. The van der Waals surface area contributed by atoms with Gasteiger partial charge in [-0.15, -0.1) is 0 Å². The van der Waals surface area contributed by atoms with Crippen LogP contribution in [0.25, 0.3) is 0 Å². The summed E-state index contributed by atoms with van der Waals surface area (Å²) in [5.41, 5.74) is 1.07. The second kappa shape index (κ2) is 14.2. The summed E-state index contributed by atoms with van der Waals surface area (Å²) in [5.74, 6) is 1.67. The number of hydrogen-bond donors (Lipinski definition) is 0. The van der Waals surface area contributed by atoms with Crippen molar-refractivity contribution in [1.29, 1.82) is 0 Å². The zero-order valence-electron chi connectivity index (χ0n) is 29.9. The minimum absolute atomic E-state index is 0.00768. The normalized spacial score (nSPS) is 27.4. The van der Waals surface area contributed by atoms with Crippen molar-refractivity contribution in [2.75, 3.05) is 64.3 Å². The van der Waals surface area contributed by atoms with Gasteiger partial charge in [-0.1, -0.05) is 58.4 Å². The molecule has 0 bridgehead atoms. The van der Waals surface area contributed by atoms with E-state index < -0.39 is 5.41 Å². The van der Waals surface area contributed by atoms with E-state index in [-0.39, 0.29) is 41.8 Å². The number of aromatic nitrogens is 2. The number of benzene rings is 1. The molecular weight excluding hydrogens is 622 g/mol. The highest BCUT2D eigenvalue weighted by Crippen LogP contribution is 2.41. The lowest BCUT2D eigenvalue weighted by atomic mass is 9.74. The Morgan fingerprint density at radius 1 is 0.938 bits per heavy atom. The molecule has 10 heteroatoms. The molecule has 1 aromatic heterocycles. The molecule has 3 aliphatic heterocycles. The molecule has 0 spiro atoms. The summed E-state index contributed by atoms with van der Waals surface area (Å²) < 4.78 is 0. The number of rotatable bonds is 7. The van der Waals surface area contributed by atoms with Gasteiger partial charge < -0.3 is 19.6 Å². The predicted octanol–water partition coefficient (Wildman–Crippen LogP) is 5.41. The first-order valence-corrected chi connectivity index (χ1v) is 18.5. The Hall–Kier alpha value is -2.75. The van der Waals surface area contributed by atoms with Gasteiger partial charge in [0.2, 0.25) is 17.8 Å². The number of anilines is 1. The van der Waals surface area contributed by atoms with Gasteiger partial charge in [0.05, 0.1) is 6.04 Å². The molecule has 4 aliphatic rings. The van der Waals surface area contributed by atoms with Gasteiger partial charge in [-0.3, -0.25) is 14.5 Å². The first kappa shape index (κ1) is 35.1. The van der Waals surface area contributed by atoms with Crippen LogP contribution in [0.2, 0.25) is 5.02 Å². The van der Waals surface area contributed by atoms with E-state index in [9.17, 15) is 9.59 Å². The van der Waals surface area contributed by atoms with Crippen LogP contribution in [0.1, 0.15) is 78.2 Å². The van der Waals surface area contributed by atoms with Crippen LogP contribution in [0.4, 0.5) is 5.95 Å². The topological polar surface area (TPSA) is 76.1 Å². The smallest absolute Gasteiger partial charge is 0.240 e. The van der Waals surface area contributed by atoms with Gasteiger partial charge in [0.15, 0.2) is 0 Å². The molecule has 0 radical (unpaired) electrons. The van der Waals surface area contributed by atoms with E-state index in [0.717, 1.165) is 89.0 Å². The third-order valence-electron chi connectivity index (χ3n) is 11.5. The number of likely N-dealkylation sites (tertiary alicyclic amines) is 1. The zero-order valence-corrected chi connectivity index (χ0v) is 30.7. The minimum atomic E-state index is -0.487. The van der Waals surface area contributed by atoms with E-state index in [2.05, 4.69) is 67.5 Å². The first-order valence-electron chi connectivity index (χ1n) is 18.1. The molecule has 0 unspecified atom stereocenters. The van der Waals surface area contributed by atoms with Crippen LogP contribution in [0, 0.1) is 16.7 Å². The fourth-order valence-corrected chi connectivity index (χ4v) is 8.65. The Morgan fingerprint density at radius 3 is 2.21 bits per heavy atom. The fraction of sp³-hybridized carbons (Fsp3) is 0.684. The van der Waals surface area contributed by atoms with E-state index in [1.165, 1.54) is 5.56 Å². The second-order valence-electron chi connectivity index (χ2n) is 16.7. The summed E-state index contributed by atoms with van der Waals surface area (Å²) in [6.07, 6.45) is 8.58. The monoisotopic (exact) mass is 677 g/mol. The van der Waals surface area contributed by atoms with Crippen LogP contribution in [0.5, 0.6) is 0 Å². The largest absolute Gasteiger partial charge is 0.340 e. The summed E-state index contributed by atoms with van der Waals surface area (Å²) in [4.78, 5) is 49.3. The number of amides is 2. The summed E-state index contributed by atoms with van der Waals surface area (Å²) >= 11 is 6.32. The summed E-state index contributed by atoms with van der Waals surface area (Å²) in [6, 6.07) is 10.1. The number of likely N-dealkylation sites (N-methyl/N-ethyl adjacent to an activating group) is 1. The van der Waals surface area contributed by atoms with Gasteiger partial charge in [0.25, 0.3) is 0 Å². The summed E-state index contributed by atoms with van der Waals surface area (Å²) in [7, 11) is 2.13. The van der Waals surface area contributed by atoms with Crippen LogP contribution in [0.15, 0.2) is 42.7 Å². The highest BCUT2D eigenvalue weighted by atomic mass is 35.5. The highest BCUT2D eigenvalue weighted by Gasteiger charge is 2.48. The van der Waals surface area contributed by atoms with E-state index >= 15 is 0 Å². The van der Waals surface area contributed by atoms with Crippen molar-refractivity contribution >= 4 is 29.4 Å². The van der Waals surface area contributed by atoms with Gasteiger partial charge in [0, 0.05) is 93.2 Å². The molecule has 262 valence electrons. The maximum Gasteiger partial charge on any atom is 0.240 e. The molecule has 1 saturated carbocycles. The van der Waals surface area contributed by atoms with Crippen molar-refractivity contribution in [3.8, 4) is 0 Å². The Bertz CT molecular complexity index is 1400. The summed E-state index contributed by atoms with van der Waals surface area (Å²) in [6.45, 7) is 17.2. The molecule has 1 aromatic carbocycles. The molecule has 4 heterocycles. The van der Waals surface area contributed by atoms with Gasteiger partial charge in [-0.2, -0.15) is 0 Å². The van der Waals surface area contributed by atoms with E-state index in [4.69, 9.17) is 11.6 Å². The predicted molar refractivity (Wildman–Crippen MR) is 192 cm³/mol. The molecule has 4 atom stereocenters. The van der Waals surface area contributed by atoms with Gasteiger partial charge >= 0.3 is 0 Å². The van der Waals surface area contributed by atoms with Crippen LogP contribution in [-0.2, 0) is 9.59 Å². The minimum Gasteiger partial charge on any atom is -0.340 e. The van der Waals surface area contributed by atoms with Crippen molar-refractivity contribution in [2.24, 2.45) is 16.7 Å². The highest BCUT2D eigenvalue weighted by molar-refractivity contribution is 6.30. The van der Waals surface area contributed by atoms with Crippen LogP contribution < -0.4 is 4.90 Å². The molecule has 3 saturated heterocycles. The van der Waals surface area contributed by atoms with Gasteiger partial charge in [0.1, 0.15) is 0 Å². The maximum absolute atomic E-state index is 14.5. The molecule has 2 amide bonds. The Kier molecular flexibility index (Phi) is 10.4. The zero-order chi connectivity index (χ0) is 34.2. The molecule has 4 fully saturated rings. The number of halogens is 1. The Balaban J connectivity index is 1.30. The number of nitrogens with zero attached hydrogens (tertiary/aromatic N) is 7. The number of carbonyl (C=O) groups is 2. The quantitative estimate of drug-likeness (QED) is 0.388. The third kappa shape index (κ3) is 7.84. The molecule has 2 aromatic rings. The Labute approximate surface area is 293 Å². The summed E-state index contributed by atoms with van der Waals surface area (Å²) in [5, 5.41) is 0.728. The Morgan fingerprint density at radius 2 is 1.58 bits per heavy atom. The van der Waals surface area contributed by atoms with Crippen molar-refractivity contribution < 1.29 is 9.59 Å². The standard InChI is InChI=1S/C38H56ClN7O2/c1-37(2,3)35(48)46(30-12-14-38(4,5)15-13-30)31-22-33(34(47)43-20-18-42(6)19-21-43)44(25-31)23-28-24-45(36-40-16-7-17-41-36)26-32(28)27-8-10-29(39)11-9-27/h7-11,16-17,28,30-33H,12-15,18-26H2,1-6H3/t28-,31-,32-,33-/m0/s1. The van der Waals surface area contributed by atoms with Gasteiger partial charge in [-0.25, -0.2) is 9.97 Å². The molecule has 0 N–H and O–H groups in total. The van der Waals surface area contributed by atoms with Crippen LogP contribution in [0.3, 0.4) is 0 Å². The van der Waals surface area contributed by atoms with Crippen LogP contribution >= 0.6 is 11.6 Å². The molecule has 9 nitrogen and oxygen atoms in total. The first-order chi connectivity index (χ1) is 22.8. The number of piperazine rings is 1. The van der Waals surface area contributed by atoms with E-state index in [1.807, 2.05) is 39.0 Å². The van der Waals surface area contributed by atoms with Crippen molar-refractivity contribution in [3.63, 3.8) is 0 Å². The fourth-order valence-electron chi connectivity index (χ4n) is 8.52. The molecule has 6 rings (SSSR count). The lowest BCUT2D eigenvalue weighted by Gasteiger charge is -2.45. The van der Waals surface area contributed by atoms with Crippen molar-refractivity contribution in [3.05, 3.63) is 53.3 Å². The third-order valence-corrected chi connectivity index (χ3v) is 11.7. The molecule has 1 aliphatic carbocycles. The van der Waals surface area contributed by atoms with Crippen molar-refractivity contribution in [2.45, 2.75) is 90.8 Å². The lowest BCUT2D eigenvalue weighted by molar-refractivity contribution is -0.146. The van der Waals surface area contributed by atoms with Gasteiger partial charge in [-0.05, 0) is 74.2 Å².